The van der Waals surface area contributed by atoms with Gasteiger partial charge < -0.3 is 14.2 Å². The van der Waals surface area contributed by atoms with Gasteiger partial charge in [-0.1, -0.05) is 18.2 Å². The molecule has 0 heterocycles. The molecule has 0 spiro atoms. The van der Waals surface area contributed by atoms with E-state index in [0.717, 1.165) is 0 Å². The number of hydrogen-bond acceptors (Lipinski definition) is 4. The zero-order chi connectivity index (χ0) is 12.0. The maximum absolute atomic E-state index is 12.4. The van der Waals surface area contributed by atoms with Gasteiger partial charge in [0.25, 0.3) is 0 Å². The molecule has 1 rings (SSSR count). The minimum atomic E-state index is -3.29. The van der Waals surface area contributed by atoms with Gasteiger partial charge in [0, 0.05) is 0 Å². The third-order valence-electron chi connectivity index (χ3n) is 2.06. The summed E-state index contributed by atoms with van der Waals surface area (Å²) in [5, 5.41) is 9.63. The largest absolute Gasteiger partial charge is 0.392 e. The number of benzene rings is 1. The molecule has 0 amide bonds. The molecule has 0 saturated carbocycles. The van der Waals surface area contributed by atoms with E-state index in [1.807, 2.05) is 0 Å². The van der Waals surface area contributed by atoms with Crippen LogP contribution in [0, 0.1) is 0 Å². The van der Waals surface area contributed by atoms with Gasteiger partial charge in [0.15, 0.2) is 0 Å². The number of rotatable bonds is 6. The zero-order valence-corrected chi connectivity index (χ0v) is 10.4. The number of aliphatic hydroxyl groups is 1. The average Bonchev–Trinajstić information content (AvgIpc) is 2.29. The van der Waals surface area contributed by atoms with Crippen molar-refractivity contribution in [2.45, 2.75) is 20.5 Å². The molecule has 0 saturated heterocycles. The van der Waals surface area contributed by atoms with Crippen LogP contribution < -0.4 is 5.30 Å². The van der Waals surface area contributed by atoms with Crippen molar-refractivity contribution in [3.8, 4) is 0 Å². The van der Waals surface area contributed by atoms with E-state index in [9.17, 15) is 9.67 Å². The van der Waals surface area contributed by atoms with E-state index in [4.69, 9.17) is 9.05 Å². The van der Waals surface area contributed by atoms with Crippen LogP contribution in [-0.4, -0.2) is 18.3 Å². The molecule has 1 N–H and O–H groups in total. The molecule has 0 bridgehead atoms. The van der Waals surface area contributed by atoms with Crippen molar-refractivity contribution in [1.29, 1.82) is 0 Å². The lowest BCUT2D eigenvalue weighted by Crippen LogP contribution is -2.15. The summed E-state index contributed by atoms with van der Waals surface area (Å²) in [6.45, 7) is 3.94. The van der Waals surface area contributed by atoms with E-state index >= 15 is 0 Å². The van der Waals surface area contributed by atoms with Crippen molar-refractivity contribution in [1.82, 2.24) is 0 Å². The Morgan fingerprint density at radius 3 is 2.25 bits per heavy atom. The fourth-order valence-corrected chi connectivity index (χ4v) is 3.23. The summed E-state index contributed by atoms with van der Waals surface area (Å²) in [6.07, 6.45) is 0. The number of aliphatic hydroxyl groups excluding tert-OH is 1. The van der Waals surface area contributed by atoms with Gasteiger partial charge in [-0.2, -0.15) is 0 Å². The van der Waals surface area contributed by atoms with E-state index in [1.54, 1.807) is 38.1 Å². The normalized spacial score (nSPS) is 11.7. The SMILES string of the molecule is CCOP(=O)(OCC)c1ccccc1CO. The molecular weight excluding hydrogens is 227 g/mol. The van der Waals surface area contributed by atoms with Crippen LogP contribution >= 0.6 is 7.60 Å². The van der Waals surface area contributed by atoms with Crippen molar-refractivity contribution in [2.24, 2.45) is 0 Å². The Balaban J connectivity index is 3.15. The lowest BCUT2D eigenvalue weighted by Gasteiger charge is -2.19. The minimum Gasteiger partial charge on any atom is -0.392 e. The minimum absolute atomic E-state index is 0.180. The van der Waals surface area contributed by atoms with Crippen molar-refractivity contribution >= 4 is 12.9 Å². The molecule has 0 aromatic heterocycles. The summed E-state index contributed by atoms with van der Waals surface area (Å²) in [5.41, 5.74) is 0.577. The molecule has 0 atom stereocenters. The van der Waals surface area contributed by atoms with E-state index in [2.05, 4.69) is 0 Å². The van der Waals surface area contributed by atoms with Gasteiger partial charge >= 0.3 is 7.60 Å². The predicted octanol–water partition coefficient (Wildman–Crippen LogP) is 2.07. The summed E-state index contributed by atoms with van der Waals surface area (Å²) in [5.74, 6) is 0. The first-order valence-electron chi connectivity index (χ1n) is 5.26. The second-order valence-electron chi connectivity index (χ2n) is 3.12. The lowest BCUT2D eigenvalue weighted by atomic mass is 10.2. The molecule has 0 radical (unpaired) electrons. The fourth-order valence-electron chi connectivity index (χ4n) is 1.43. The van der Waals surface area contributed by atoms with Gasteiger partial charge in [0.05, 0.1) is 25.1 Å². The molecule has 5 heteroatoms. The zero-order valence-electron chi connectivity index (χ0n) is 9.55. The molecule has 4 nitrogen and oxygen atoms in total. The first kappa shape index (κ1) is 13.4. The molecule has 16 heavy (non-hydrogen) atoms. The van der Waals surface area contributed by atoms with Crippen LogP contribution in [0.4, 0.5) is 0 Å². The Morgan fingerprint density at radius 1 is 1.19 bits per heavy atom. The topological polar surface area (TPSA) is 55.8 Å². The Kier molecular flexibility index (Phi) is 5.16. The van der Waals surface area contributed by atoms with Crippen LogP contribution in [0.3, 0.4) is 0 Å². The summed E-state index contributed by atoms with van der Waals surface area (Å²) in [7, 11) is -3.29. The van der Waals surface area contributed by atoms with E-state index in [-0.39, 0.29) is 6.61 Å². The number of hydrogen-bond donors (Lipinski definition) is 1. The fraction of sp³-hybridized carbons (Fsp3) is 0.455. The van der Waals surface area contributed by atoms with Gasteiger partial charge in [-0.05, 0) is 25.5 Å². The maximum atomic E-state index is 12.4. The van der Waals surface area contributed by atoms with Crippen LogP contribution in [0.5, 0.6) is 0 Å². The Bertz CT molecular complexity index is 368. The Hall–Kier alpha value is -0.670. The molecule has 90 valence electrons. The monoisotopic (exact) mass is 244 g/mol. The molecule has 1 aromatic carbocycles. The third-order valence-corrected chi connectivity index (χ3v) is 4.28. The van der Waals surface area contributed by atoms with Crippen molar-refractivity contribution in [2.75, 3.05) is 13.2 Å². The first-order chi connectivity index (χ1) is 7.68. The second kappa shape index (κ2) is 6.16. The summed E-state index contributed by atoms with van der Waals surface area (Å²) in [6, 6.07) is 6.90. The smallest absolute Gasteiger partial charge is 0.361 e. The van der Waals surface area contributed by atoms with Crippen LogP contribution in [0.15, 0.2) is 24.3 Å². The van der Waals surface area contributed by atoms with Gasteiger partial charge in [-0.3, -0.25) is 4.57 Å². The highest BCUT2D eigenvalue weighted by molar-refractivity contribution is 7.62. The lowest BCUT2D eigenvalue weighted by molar-refractivity contribution is 0.228. The highest BCUT2D eigenvalue weighted by Crippen LogP contribution is 2.47. The van der Waals surface area contributed by atoms with E-state index < -0.39 is 7.60 Å². The Labute approximate surface area is 95.7 Å². The van der Waals surface area contributed by atoms with Crippen molar-refractivity contribution < 1.29 is 18.7 Å². The first-order valence-corrected chi connectivity index (χ1v) is 6.80. The van der Waals surface area contributed by atoms with Crippen molar-refractivity contribution in [3.63, 3.8) is 0 Å². The highest BCUT2D eigenvalue weighted by atomic mass is 31.2. The molecule has 0 aliphatic carbocycles. The summed E-state index contributed by atoms with van der Waals surface area (Å²) >= 11 is 0. The Morgan fingerprint density at radius 2 is 1.75 bits per heavy atom. The van der Waals surface area contributed by atoms with E-state index in [1.165, 1.54) is 0 Å². The molecule has 0 aliphatic rings. The van der Waals surface area contributed by atoms with Gasteiger partial charge in [-0.25, -0.2) is 0 Å². The highest BCUT2D eigenvalue weighted by Gasteiger charge is 2.28. The van der Waals surface area contributed by atoms with Gasteiger partial charge in [0.1, 0.15) is 0 Å². The molecule has 0 fully saturated rings. The van der Waals surface area contributed by atoms with Gasteiger partial charge in [-0.15, -0.1) is 0 Å². The predicted molar refractivity (Wildman–Crippen MR) is 62.9 cm³/mol. The van der Waals surface area contributed by atoms with Crippen LogP contribution in [0.25, 0.3) is 0 Å². The van der Waals surface area contributed by atoms with E-state index in [0.29, 0.717) is 24.1 Å². The van der Waals surface area contributed by atoms with Crippen LogP contribution in [0.2, 0.25) is 0 Å². The standard InChI is InChI=1S/C11H17O4P/c1-3-14-16(13,15-4-2)11-8-6-5-7-10(11)9-12/h5-8,12H,3-4,9H2,1-2H3. The van der Waals surface area contributed by atoms with Crippen molar-refractivity contribution in [3.05, 3.63) is 29.8 Å². The third kappa shape index (κ3) is 2.92. The molecule has 0 unspecified atom stereocenters. The summed E-state index contributed by atoms with van der Waals surface area (Å²) < 4.78 is 22.9. The van der Waals surface area contributed by atoms with Gasteiger partial charge in [0.2, 0.25) is 0 Å². The molecule has 1 aromatic rings. The maximum Gasteiger partial charge on any atom is 0.361 e. The quantitative estimate of drug-likeness (QED) is 0.778. The summed E-state index contributed by atoms with van der Waals surface area (Å²) in [4.78, 5) is 0. The second-order valence-corrected chi connectivity index (χ2v) is 5.11. The van der Waals surface area contributed by atoms with Crippen LogP contribution in [0.1, 0.15) is 19.4 Å². The molecule has 0 aliphatic heterocycles. The molecular formula is C11H17O4P. The van der Waals surface area contributed by atoms with Crippen LogP contribution in [-0.2, 0) is 20.2 Å². The average molecular weight is 244 g/mol.